The lowest BCUT2D eigenvalue weighted by molar-refractivity contribution is 0.0540. The molecule has 2 aromatic rings. The summed E-state index contributed by atoms with van der Waals surface area (Å²) >= 11 is 0. The highest BCUT2D eigenvalue weighted by atomic mass is 16.5. The van der Waals surface area contributed by atoms with Gasteiger partial charge >= 0.3 is 0 Å². The Morgan fingerprint density at radius 1 is 1.04 bits per heavy atom. The molecule has 26 heavy (non-hydrogen) atoms. The van der Waals surface area contributed by atoms with Crippen molar-refractivity contribution in [1.29, 1.82) is 0 Å². The average Bonchev–Trinajstić information content (AvgIpc) is 2.66. The zero-order chi connectivity index (χ0) is 18.8. The van der Waals surface area contributed by atoms with Crippen molar-refractivity contribution in [1.82, 2.24) is 4.90 Å². The molecule has 0 amide bonds. The Labute approximate surface area is 156 Å². The zero-order valence-corrected chi connectivity index (χ0v) is 15.9. The van der Waals surface area contributed by atoms with Crippen LogP contribution in [0.4, 0.5) is 0 Å². The molecule has 0 fully saturated rings. The molecule has 0 aliphatic heterocycles. The van der Waals surface area contributed by atoms with Crippen molar-refractivity contribution < 1.29 is 19.3 Å². The van der Waals surface area contributed by atoms with E-state index in [0.29, 0.717) is 13.2 Å². The van der Waals surface area contributed by atoms with Crippen LogP contribution in [0.3, 0.4) is 0 Å². The number of hydrogen-bond acceptors (Lipinski definition) is 5. The van der Waals surface area contributed by atoms with Crippen molar-refractivity contribution in [2.75, 3.05) is 40.5 Å². The number of methoxy groups -OCH3 is 2. The van der Waals surface area contributed by atoms with Crippen LogP contribution in [-0.4, -0.2) is 56.6 Å². The summed E-state index contributed by atoms with van der Waals surface area (Å²) in [5, 5.41) is 10.4. The third-order valence-electron chi connectivity index (χ3n) is 4.17. The molecule has 1 atom stereocenters. The number of benzene rings is 2. The van der Waals surface area contributed by atoms with Crippen molar-refractivity contribution in [3.8, 4) is 11.5 Å². The van der Waals surface area contributed by atoms with Gasteiger partial charge in [-0.25, -0.2) is 0 Å². The maximum absolute atomic E-state index is 10.4. The van der Waals surface area contributed by atoms with Crippen LogP contribution in [0, 0.1) is 6.92 Å². The number of aryl methyl sites for hydroxylation is 1. The topological polar surface area (TPSA) is 51.2 Å². The van der Waals surface area contributed by atoms with Gasteiger partial charge in [0.15, 0.2) is 0 Å². The van der Waals surface area contributed by atoms with Gasteiger partial charge in [0, 0.05) is 26.7 Å². The van der Waals surface area contributed by atoms with Crippen LogP contribution in [-0.2, 0) is 11.3 Å². The summed E-state index contributed by atoms with van der Waals surface area (Å²) in [6, 6.07) is 15.8. The molecule has 5 heteroatoms. The van der Waals surface area contributed by atoms with Gasteiger partial charge in [-0.3, -0.25) is 4.90 Å². The van der Waals surface area contributed by atoms with Gasteiger partial charge < -0.3 is 19.3 Å². The minimum absolute atomic E-state index is 0.261. The van der Waals surface area contributed by atoms with E-state index in [1.807, 2.05) is 55.5 Å². The molecule has 0 aliphatic rings. The molecule has 2 rings (SSSR count). The van der Waals surface area contributed by atoms with E-state index in [1.165, 1.54) is 0 Å². The zero-order valence-electron chi connectivity index (χ0n) is 15.9. The number of para-hydroxylation sites is 1. The molecule has 0 saturated heterocycles. The van der Waals surface area contributed by atoms with E-state index in [2.05, 4.69) is 4.90 Å². The number of aliphatic hydroxyl groups excluding tert-OH is 1. The summed E-state index contributed by atoms with van der Waals surface area (Å²) in [7, 11) is 3.34. The highest BCUT2D eigenvalue weighted by Gasteiger charge is 2.14. The number of ether oxygens (including phenoxy) is 3. The Bertz CT molecular complexity index is 645. The van der Waals surface area contributed by atoms with Crippen LogP contribution in [0.1, 0.15) is 11.1 Å². The fourth-order valence-electron chi connectivity index (χ4n) is 2.70. The SMILES string of the molecule is COCCN(Cc1ccc(OC)cc1)C[C@H](O)COc1ccccc1C. The molecule has 142 valence electrons. The second-order valence-electron chi connectivity index (χ2n) is 6.31. The van der Waals surface area contributed by atoms with Crippen molar-refractivity contribution >= 4 is 0 Å². The number of aliphatic hydroxyl groups is 1. The summed E-state index contributed by atoms with van der Waals surface area (Å²) < 4.78 is 16.2. The normalized spacial score (nSPS) is 12.2. The number of rotatable bonds is 11. The minimum atomic E-state index is -0.579. The van der Waals surface area contributed by atoms with Crippen LogP contribution >= 0.6 is 0 Å². The van der Waals surface area contributed by atoms with Crippen molar-refractivity contribution in [2.24, 2.45) is 0 Å². The van der Waals surface area contributed by atoms with E-state index >= 15 is 0 Å². The van der Waals surface area contributed by atoms with Gasteiger partial charge in [0.05, 0.1) is 13.7 Å². The van der Waals surface area contributed by atoms with Crippen LogP contribution in [0.15, 0.2) is 48.5 Å². The maximum Gasteiger partial charge on any atom is 0.122 e. The Balaban J connectivity index is 1.89. The molecule has 0 bridgehead atoms. The van der Waals surface area contributed by atoms with Gasteiger partial charge in [0.25, 0.3) is 0 Å². The second kappa shape index (κ2) is 10.8. The third kappa shape index (κ3) is 6.67. The van der Waals surface area contributed by atoms with Gasteiger partial charge in [-0.05, 0) is 36.2 Å². The Kier molecular flexibility index (Phi) is 8.41. The predicted molar refractivity (Wildman–Crippen MR) is 103 cm³/mol. The molecule has 0 unspecified atom stereocenters. The van der Waals surface area contributed by atoms with Crippen molar-refractivity contribution in [3.05, 3.63) is 59.7 Å². The first kappa shape index (κ1) is 20.2. The monoisotopic (exact) mass is 359 g/mol. The van der Waals surface area contributed by atoms with Crippen LogP contribution < -0.4 is 9.47 Å². The van der Waals surface area contributed by atoms with Gasteiger partial charge in [-0.15, -0.1) is 0 Å². The average molecular weight is 359 g/mol. The van der Waals surface area contributed by atoms with Crippen LogP contribution in [0.2, 0.25) is 0 Å². The number of nitrogens with zero attached hydrogens (tertiary/aromatic N) is 1. The standard InChI is InChI=1S/C21H29NO4/c1-17-6-4-5-7-21(17)26-16-19(23)15-22(12-13-24-2)14-18-8-10-20(25-3)11-9-18/h4-11,19,23H,12-16H2,1-3H3/t19-/m0/s1. The lowest BCUT2D eigenvalue weighted by Gasteiger charge is -2.25. The minimum Gasteiger partial charge on any atom is -0.497 e. The molecule has 0 saturated carbocycles. The Hall–Kier alpha value is -2.08. The molecule has 0 spiro atoms. The quantitative estimate of drug-likeness (QED) is 0.669. The fourth-order valence-corrected chi connectivity index (χ4v) is 2.70. The molecule has 2 aromatic carbocycles. The number of hydrogen-bond donors (Lipinski definition) is 1. The summed E-state index contributed by atoms with van der Waals surface area (Å²) in [4.78, 5) is 2.16. The maximum atomic E-state index is 10.4. The van der Waals surface area contributed by atoms with Gasteiger partial charge in [0.1, 0.15) is 24.2 Å². The molecular weight excluding hydrogens is 330 g/mol. The fraction of sp³-hybridized carbons (Fsp3) is 0.429. The smallest absolute Gasteiger partial charge is 0.122 e. The highest BCUT2D eigenvalue weighted by Crippen LogP contribution is 2.17. The van der Waals surface area contributed by atoms with E-state index in [-0.39, 0.29) is 6.61 Å². The highest BCUT2D eigenvalue weighted by molar-refractivity contribution is 5.31. The van der Waals surface area contributed by atoms with E-state index in [1.54, 1.807) is 14.2 Å². The van der Waals surface area contributed by atoms with E-state index in [4.69, 9.17) is 14.2 Å². The van der Waals surface area contributed by atoms with E-state index < -0.39 is 6.10 Å². The van der Waals surface area contributed by atoms with E-state index in [0.717, 1.165) is 35.7 Å². The van der Waals surface area contributed by atoms with Gasteiger partial charge in [-0.1, -0.05) is 30.3 Å². The molecule has 5 nitrogen and oxygen atoms in total. The van der Waals surface area contributed by atoms with Crippen molar-refractivity contribution in [3.63, 3.8) is 0 Å². The lowest BCUT2D eigenvalue weighted by Crippen LogP contribution is -2.37. The molecule has 0 aliphatic carbocycles. The summed E-state index contributed by atoms with van der Waals surface area (Å²) in [5.74, 6) is 1.65. The summed E-state index contributed by atoms with van der Waals surface area (Å²) in [6.07, 6.45) is -0.579. The summed E-state index contributed by atoms with van der Waals surface area (Å²) in [6.45, 7) is 4.86. The van der Waals surface area contributed by atoms with E-state index in [9.17, 15) is 5.11 Å². The van der Waals surface area contributed by atoms with Crippen molar-refractivity contribution in [2.45, 2.75) is 19.6 Å². The molecule has 0 heterocycles. The molecule has 0 aromatic heterocycles. The van der Waals surface area contributed by atoms with Gasteiger partial charge in [0.2, 0.25) is 0 Å². The molecule has 0 radical (unpaired) electrons. The van der Waals surface area contributed by atoms with Crippen LogP contribution in [0.5, 0.6) is 11.5 Å². The van der Waals surface area contributed by atoms with Gasteiger partial charge in [-0.2, -0.15) is 0 Å². The third-order valence-corrected chi connectivity index (χ3v) is 4.17. The first-order valence-electron chi connectivity index (χ1n) is 8.83. The lowest BCUT2D eigenvalue weighted by atomic mass is 10.2. The predicted octanol–water partition coefficient (Wildman–Crippen LogP) is 2.89. The van der Waals surface area contributed by atoms with Crippen LogP contribution in [0.25, 0.3) is 0 Å². The second-order valence-corrected chi connectivity index (χ2v) is 6.31. The largest absolute Gasteiger partial charge is 0.497 e. The Morgan fingerprint density at radius 3 is 2.42 bits per heavy atom. The molecular formula is C21H29NO4. The summed E-state index contributed by atoms with van der Waals surface area (Å²) in [5.41, 5.74) is 2.23. The first-order chi connectivity index (χ1) is 12.6. The molecule has 1 N–H and O–H groups in total. The Morgan fingerprint density at radius 2 is 1.77 bits per heavy atom. The first-order valence-corrected chi connectivity index (χ1v) is 8.83.